The summed E-state index contributed by atoms with van der Waals surface area (Å²) in [6, 6.07) is 52.2. The molecule has 0 aliphatic rings. The Morgan fingerprint density at radius 1 is 0.250 bits per heavy atom. The minimum absolute atomic E-state index is 0.265. The lowest BCUT2D eigenvalue weighted by atomic mass is 9.56. The third-order valence-corrected chi connectivity index (χ3v) is 15.4. The van der Waals surface area contributed by atoms with Gasteiger partial charge in [-0.2, -0.15) is 0 Å². The van der Waals surface area contributed by atoms with Crippen molar-refractivity contribution in [3.8, 4) is 33.8 Å². The Bertz CT molecular complexity index is 2230. The van der Waals surface area contributed by atoms with Crippen molar-refractivity contribution in [3.05, 3.63) is 198 Å². The smallest absolute Gasteiger partial charge is 0.0702 e. The van der Waals surface area contributed by atoms with Crippen molar-refractivity contribution in [1.29, 1.82) is 0 Å². The van der Waals surface area contributed by atoms with Gasteiger partial charge in [0.2, 0.25) is 0 Å². The zero-order chi connectivity index (χ0) is 43.1. The summed E-state index contributed by atoms with van der Waals surface area (Å²) in [5, 5.41) is 0. The van der Waals surface area contributed by atoms with Gasteiger partial charge in [0, 0.05) is 51.5 Å². The van der Waals surface area contributed by atoms with E-state index in [1.54, 1.807) is 0 Å². The molecule has 0 N–H and O–H groups in total. The van der Waals surface area contributed by atoms with Crippen molar-refractivity contribution in [2.45, 2.75) is 116 Å². The monoisotopic (exact) mass is 790 g/mol. The molecule has 3 aromatic heterocycles. The topological polar surface area (TPSA) is 38.7 Å². The molecule has 0 saturated carbocycles. The quantitative estimate of drug-likeness (QED) is 0.124. The maximum Gasteiger partial charge on any atom is 0.0702 e. The van der Waals surface area contributed by atoms with E-state index in [0.717, 1.165) is 33.8 Å². The van der Waals surface area contributed by atoms with Gasteiger partial charge in [-0.15, -0.1) is 0 Å². The summed E-state index contributed by atoms with van der Waals surface area (Å²) < 4.78 is 0. The molecule has 3 heterocycles. The van der Waals surface area contributed by atoms with Crippen LogP contribution in [-0.2, 0) is 32.5 Å². The predicted octanol–water partition coefficient (Wildman–Crippen LogP) is 14.6. The van der Waals surface area contributed by atoms with Crippen LogP contribution in [0.1, 0.15) is 116 Å². The molecule has 0 amide bonds. The molecule has 7 aromatic rings. The highest BCUT2D eigenvalue weighted by molar-refractivity contribution is 5.61. The van der Waals surface area contributed by atoms with Crippen LogP contribution in [0.2, 0.25) is 0 Å². The number of hydrogen-bond donors (Lipinski definition) is 0. The second-order valence-corrected chi connectivity index (χ2v) is 19.9. The third kappa shape index (κ3) is 7.53. The Hall–Kier alpha value is -5.67. The molecule has 0 aliphatic carbocycles. The molecule has 0 atom stereocenters. The summed E-state index contributed by atoms with van der Waals surface area (Å²) in [6.45, 7) is 28.7. The van der Waals surface area contributed by atoms with Crippen LogP contribution in [0, 0.1) is 0 Å². The normalized spacial score (nSPS) is 13.0. The Labute approximate surface area is 360 Å². The molecule has 0 unspecified atom stereocenters. The van der Waals surface area contributed by atoms with Crippen molar-refractivity contribution >= 4 is 0 Å². The van der Waals surface area contributed by atoms with E-state index in [9.17, 15) is 0 Å². The van der Waals surface area contributed by atoms with Crippen LogP contribution in [0.25, 0.3) is 33.8 Å². The van der Waals surface area contributed by atoms with Crippen LogP contribution in [-0.4, -0.2) is 15.0 Å². The van der Waals surface area contributed by atoms with Gasteiger partial charge in [0.15, 0.2) is 0 Å². The summed E-state index contributed by atoms with van der Waals surface area (Å²) in [6.07, 6.45) is 6.27. The fourth-order valence-corrected chi connectivity index (χ4v) is 8.50. The van der Waals surface area contributed by atoms with Crippen molar-refractivity contribution in [2.75, 3.05) is 0 Å². The first-order valence-corrected chi connectivity index (χ1v) is 21.5. The highest BCUT2D eigenvalue weighted by Gasteiger charge is 2.46. The minimum atomic E-state index is -0.286. The Morgan fingerprint density at radius 2 is 0.467 bits per heavy atom. The standard InChI is InChI=1S/C57H63N3/c1-52(2,43-28-31-49(58-37-43)40-22-16-13-17-23-40)55(7,8)46-34-47(56(9,10)53(3,4)44-29-32-50(59-38-44)41-24-18-14-19-25-41)36-48(35-46)57(11,12)54(5,6)45-30-33-51(60-39-45)42-26-20-15-21-27-42/h13-39H,1-12H3. The van der Waals surface area contributed by atoms with E-state index in [-0.39, 0.29) is 32.5 Å². The SMILES string of the molecule is CC(C)(c1ccc(-c2ccccc2)nc1)C(C)(C)c1cc(C(C)(C)C(C)(C)c2ccc(-c3ccccc3)nc2)cc(C(C)(C)C(C)(C)c2ccc(-c3ccccc3)nc2)c1. The van der Waals surface area contributed by atoms with Gasteiger partial charge in [0.05, 0.1) is 17.1 Å². The van der Waals surface area contributed by atoms with E-state index in [1.807, 2.05) is 18.2 Å². The van der Waals surface area contributed by atoms with Crippen LogP contribution >= 0.6 is 0 Å². The van der Waals surface area contributed by atoms with E-state index in [2.05, 4.69) is 229 Å². The molecule has 306 valence electrons. The van der Waals surface area contributed by atoms with E-state index in [4.69, 9.17) is 15.0 Å². The van der Waals surface area contributed by atoms with Crippen molar-refractivity contribution < 1.29 is 0 Å². The Kier molecular flexibility index (Phi) is 11.1. The van der Waals surface area contributed by atoms with Gasteiger partial charge in [0.25, 0.3) is 0 Å². The summed E-state index contributed by atoms with van der Waals surface area (Å²) in [7, 11) is 0. The lowest BCUT2D eigenvalue weighted by Crippen LogP contribution is -2.44. The van der Waals surface area contributed by atoms with Crippen molar-refractivity contribution in [3.63, 3.8) is 0 Å². The average molecular weight is 790 g/mol. The zero-order valence-electron chi connectivity index (χ0n) is 37.9. The van der Waals surface area contributed by atoms with Gasteiger partial charge in [-0.1, -0.05) is 210 Å². The molecule has 0 spiro atoms. The van der Waals surface area contributed by atoms with Gasteiger partial charge >= 0.3 is 0 Å². The molecule has 0 fully saturated rings. The highest BCUT2D eigenvalue weighted by Crippen LogP contribution is 2.51. The Morgan fingerprint density at radius 3 is 0.667 bits per heavy atom. The van der Waals surface area contributed by atoms with Gasteiger partial charge in [-0.25, -0.2) is 0 Å². The maximum absolute atomic E-state index is 5.01. The molecule has 3 nitrogen and oxygen atoms in total. The summed E-state index contributed by atoms with van der Waals surface area (Å²) in [5.41, 5.74) is 12.3. The number of rotatable bonds is 12. The zero-order valence-corrected chi connectivity index (χ0v) is 37.9. The molecule has 0 bridgehead atoms. The van der Waals surface area contributed by atoms with Crippen molar-refractivity contribution in [2.24, 2.45) is 0 Å². The first-order chi connectivity index (χ1) is 28.3. The van der Waals surface area contributed by atoms with E-state index in [0.29, 0.717) is 0 Å². The van der Waals surface area contributed by atoms with Crippen LogP contribution in [0.5, 0.6) is 0 Å². The van der Waals surface area contributed by atoms with Crippen molar-refractivity contribution in [1.82, 2.24) is 15.0 Å². The molecule has 0 radical (unpaired) electrons. The van der Waals surface area contributed by atoms with Gasteiger partial charge in [-0.3, -0.25) is 15.0 Å². The molecule has 4 aromatic carbocycles. The maximum atomic E-state index is 5.01. The van der Waals surface area contributed by atoms with Crippen LogP contribution in [0.3, 0.4) is 0 Å². The fourth-order valence-electron chi connectivity index (χ4n) is 8.50. The van der Waals surface area contributed by atoms with Gasteiger partial charge in [-0.05, 0) is 67.8 Å². The summed E-state index contributed by atoms with van der Waals surface area (Å²) in [4.78, 5) is 15.0. The molecule has 0 saturated heterocycles. The van der Waals surface area contributed by atoms with Gasteiger partial charge < -0.3 is 0 Å². The summed E-state index contributed by atoms with van der Waals surface area (Å²) in [5.74, 6) is 0. The number of aromatic nitrogens is 3. The number of pyridine rings is 3. The molecule has 7 rings (SSSR count). The number of hydrogen-bond acceptors (Lipinski definition) is 3. The summed E-state index contributed by atoms with van der Waals surface area (Å²) >= 11 is 0. The van der Waals surface area contributed by atoms with E-state index in [1.165, 1.54) is 33.4 Å². The average Bonchev–Trinajstić information content (AvgIpc) is 3.27. The lowest BCUT2D eigenvalue weighted by Gasteiger charge is -2.48. The minimum Gasteiger partial charge on any atom is -0.256 e. The number of benzene rings is 4. The fraction of sp³-hybridized carbons (Fsp3) is 0.316. The van der Waals surface area contributed by atoms with E-state index >= 15 is 0 Å². The van der Waals surface area contributed by atoms with Crippen LogP contribution < -0.4 is 0 Å². The second kappa shape index (κ2) is 15.7. The predicted molar refractivity (Wildman–Crippen MR) is 254 cm³/mol. The molecular formula is C57H63N3. The van der Waals surface area contributed by atoms with Crippen LogP contribution in [0.4, 0.5) is 0 Å². The molecule has 3 heteroatoms. The highest BCUT2D eigenvalue weighted by atomic mass is 14.7. The van der Waals surface area contributed by atoms with Crippen LogP contribution in [0.15, 0.2) is 164 Å². The first-order valence-electron chi connectivity index (χ1n) is 21.5. The van der Waals surface area contributed by atoms with E-state index < -0.39 is 0 Å². The number of nitrogens with zero attached hydrogens (tertiary/aromatic N) is 3. The molecule has 60 heavy (non-hydrogen) atoms. The largest absolute Gasteiger partial charge is 0.256 e. The second-order valence-electron chi connectivity index (χ2n) is 19.9. The molecular weight excluding hydrogens is 727 g/mol. The third-order valence-electron chi connectivity index (χ3n) is 15.4. The Balaban J connectivity index is 1.33. The first kappa shape index (κ1) is 42.5. The molecule has 0 aliphatic heterocycles. The van der Waals surface area contributed by atoms with Gasteiger partial charge in [0.1, 0.15) is 0 Å². The lowest BCUT2D eigenvalue weighted by molar-refractivity contribution is 0.282.